The topological polar surface area (TPSA) is 75.7 Å². The average Bonchev–Trinajstić information content (AvgIpc) is 3.44. The van der Waals surface area contributed by atoms with Gasteiger partial charge in [-0.15, -0.1) is 0 Å². The van der Waals surface area contributed by atoms with Crippen LogP contribution in [0.3, 0.4) is 0 Å². The van der Waals surface area contributed by atoms with Gasteiger partial charge in [0.15, 0.2) is 11.5 Å². The fourth-order valence-corrected chi connectivity index (χ4v) is 3.57. The van der Waals surface area contributed by atoms with Crippen LogP contribution in [0.15, 0.2) is 18.2 Å². The van der Waals surface area contributed by atoms with E-state index in [1.165, 1.54) is 38.5 Å². The van der Waals surface area contributed by atoms with E-state index in [1.807, 2.05) is 12.1 Å². The lowest BCUT2D eigenvalue weighted by atomic mass is 9.88. The summed E-state index contributed by atoms with van der Waals surface area (Å²) in [6.07, 6.45) is 10.9. The van der Waals surface area contributed by atoms with Gasteiger partial charge in [-0.25, -0.2) is 0 Å². The molecule has 1 atom stereocenters. The smallest absolute Gasteiger partial charge is 0.160 e. The highest BCUT2D eigenvalue weighted by Gasteiger charge is 2.33. The van der Waals surface area contributed by atoms with Crippen molar-refractivity contribution in [1.29, 1.82) is 0 Å². The standard InChI is InChI=1S/C23H39NO3/c1-18(2)7-5-3-4-6-14-27-22-11-10-19(15-21(22)26)12-13-23(24,17-25)16-20-8-9-20/h10-11,15,18,20,25-26H,3-9,12-14,16-17,24H2,1-2H3. The van der Waals surface area contributed by atoms with Crippen molar-refractivity contribution in [3.63, 3.8) is 0 Å². The van der Waals surface area contributed by atoms with E-state index in [0.29, 0.717) is 18.3 Å². The molecular formula is C23H39NO3. The lowest BCUT2D eigenvalue weighted by molar-refractivity contribution is 0.172. The van der Waals surface area contributed by atoms with Crippen molar-refractivity contribution in [1.82, 2.24) is 0 Å². The van der Waals surface area contributed by atoms with Gasteiger partial charge in [0.25, 0.3) is 0 Å². The van der Waals surface area contributed by atoms with Crippen LogP contribution < -0.4 is 10.5 Å². The molecular weight excluding hydrogens is 338 g/mol. The lowest BCUT2D eigenvalue weighted by Gasteiger charge is -2.27. The second-order valence-electron chi connectivity index (χ2n) is 8.92. The highest BCUT2D eigenvalue weighted by molar-refractivity contribution is 5.41. The summed E-state index contributed by atoms with van der Waals surface area (Å²) in [4.78, 5) is 0. The van der Waals surface area contributed by atoms with Gasteiger partial charge in [-0.1, -0.05) is 58.4 Å². The molecule has 2 rings (SSSR count). The van der Waals surface area contributed by atoms with Crippen LogP contribution in [-0.2, 0) is 6.42 Å². The Kier molecular flexibility index (Phi) is 8.91. The molecule has 154 valence electrons. The molecule has 27 heavy (non-hydrogen) atoms. The summed E-state index contributed by atoms with van der Waals surface area (Å²) in [7, 11) is 0. The Morgan fingerprint density at radius 2 is 1.93 bits per heavy atom. The predicted octanol–water partition coefficient (Wildman–Crippen LogP) is 4.80. The van der Waals surface area contributed by atoms with Gasteiger partial charge in [0.1, 0.15) is 0 Å². The van der Waals surface area contributed by atoms with Gasteiger partial charge in [-0.2, -0.15) is 0 Å². The van der Waals surface area contributed by atoms with Crippen molar-refractivity contribution in [2.75, 3.05) is 13.2 Å². The van der Waals surface area contributed by atoms with Crippen LogP contribution in [-0.4, -0.2) is 29.0 Å². The van der Waals surface area contributed by atoms with Crippen LogP contribution in [0.2, 0.25) is 0 Å². The molecule has 1 aromatic rings. The number of rotatable bonds is 14. The van der Waals surface area contributed by atoms with Crippen molar-refractivity contribution in [2.45, 2.75) is 83.6 Å². The summed E-state index contributed by atoms with van der Waals surface area (Å²) in [5, 5.41) is 19.9. The maximum Gasteiger partial charge on any atom is 0.160 e. The van der Waals surface area contributed by atoms with Gasteiger partial charge < -0.3 is 20.7 Å². The molecule has 4 N–H and O–H groups in total. The van der Waals surface area contributed by atoms with Crippen LogP contribution in [0.25, 0.3) is 0 Å². The Morgan fingerprint density at radius 3 is 2.56 bits per heavy atom. The van der Waals surface area contributed by atoms with Crippen LogP contribution in [0.4, 0.5) is 0 Å². The SMILES string of the molecule is CC(C)CCCCCCOc1ccc(CCC(N)(CO)CC2CC2)cc1O. The summed E-state index contributed by atoms with van der Waals surface area (Å²) < 4.78 is 5.73. The number of benzene rings is 1. The molecule has 1 aliphatic carbocycles. The summed E-state index contributed by atoms with van der Waals surface area (Å²) in [6, 6.07) is 5.61. The summed E-state index contributed by atoms with van der Waals surface area (Å²) in [5.74, 6) is 2.23. The average molecular weight is 378 g/mol. The molecule has 1 saturated carbocycles. The maximum absolute atomic E-state index is 10.2. The summed E-state index contributed by atoms with van der Waals surface area (Å²) in [6.45, 7) is 5.19. The van der Waals surface area contributed by atoms with Crippen LogP contribution in [0, 0.1) is 11.8 Å². The second-order valence-corrected chi connectivity index (χ2v) is 8.92. The Labute approximate surface area is 165 Å². The number of hydrogen-bond donors (Lipinski definition) is 3. The van der Waals surface area contributed by atoms with Crippen molar-refractivity contribution >= 4 is 0 Å². The third-order valence-corrected chi connectivity index (χ3v) is 5.58. The number of aryl methyl sites for hydroxylation is 1. The van der Waals surface area contributed by atoms with Crippen molar-refractivity contribution in [3.8, 4) is 11.5 Å². The number of aromatic hydroxyl groups is 1. The fraction of sp³-hybridized carbons (Fsp3) is 0.739. The molecule has 0 saturated heterocycles. The first-order valence-electron chi connectivity index (χ1n) is 10.8. The quantitative estimate of drug-likeness (QED) is 0.407. The number of hydrogen-bond acceptors (Lipinski definition) is 4. The van der Waals surface area contributed by atoms with Crippen molar-refractivity contribution in [3.05, 3.63) is 23.8 Å². The molecule has 0 aliphatic heterocycles. The van der Waals surface area contributed by atoms with E-state index >= 15 is 0 Å². The predicted molar refractivity (Wildman–Crippen MR) is 111 cm³/mol. The molecule has 0 amide bonds. The minimum Gasteiger partial charge on any atom is -0.504 e. The molecule has 0 aromatic heterocycles. The highest BCUT2D eigenvalue weighted by Crippen LogP contribution is 2.37. The van der Waals surface area contributed by atoms with Gasteiger partial charge in [0, 0.05) is 5.54 Å². The number of ether oxygens (including phenoxy) is 1. The van der Waals surface area contributed by atoms with Gasteiger partial charge in [-0.3, -0.25) is 0 Å². The molecule has 4 nitrogen and oxygen atoms in total. The first-order chi connectivity index (χ1) is 12.9. The van der Waals surface area contributed by atoms with Gasteiger partial charge in [0.2, 0.25) is 0 Å². The summed E-state index contributed by atoms with van der Waals surface area (Å²) >= 11 is 0. The van der Waals surface area contributed by atoms with E-state index in [2.05, 4.69) is 13.8 Å². The zero-order valence-electron chi connectivity index (χ0n) is 17.3. The molecule has 0 spiro atoms. The number of aliphatic hydroxyl groups excluding tert-OH is 1. The first-order valence-corrected chi connectivity index (χ1v) is 10.8. The van der Waals surface area contributed by atoms with E-state index in [-0.39, 0.29) is 12.4 Å². The van der Waals surface area contributed by atoms with Crippen LogP contribution in [0.1, 0.15) is 77.2 Å². The number of aliphatic hydroxyl groups is 1. The Balaban J connectivity index is 1.69. The monoisotopic (exact) mass is 377 g/mol. The number of unbranched alkanes of at least 4 members (excludes halogenated alkanes) is 3. The number of phenolic OH excluding ortho intramolecular Hbond substituents is 1. The molecule has 0 radical (unpaired) electrons. The maximum atomic E-state index is 10.2. The normalized spacial score (nSPS) is 16.5. The molecule has 1 fully saturated rings. The lowest BCUT2D eigenvalue weighted by Crippen LogP contribution is -2.44. The zero-order chi connectivity index (χ0) is 19.7. The third kappa shape index (κ3) is 8.52. The Morgan fingerprint density at radius 1 is 1.19 bits per heavy atom. The largest absolute Gasteiger partial charge is 0.504 e. The summed E-state index contributed by atoms with van der Waals surface area (Å²) in [5.41, 5.74) is 6.89. The van der Waals surface area contributed by atoms with Crippen LogP contribution >= 0.6 is 0 Å². The minimum atomic E-state index is -0.498. The van der Waals surface area contributed by atoms with Crippen LogP contribution in [0.5, 0.6) is 11.5 Å². The van der Waals surface area contributed by atoms with E-state index in [4.69, 9.17) is 10.5 Å². The second kappa shape index (κ2) is 10.9. The number of nitrogens with two attached hydrogens (primary N) is 1. The highest BCUT2D eigenvalue weighted by atomic mass is 16.5. The Hall–Kier alpha value is -1.26. The third-order valence-electron chi connectivity index (χ3n) is 5.58. The molecule has 1 aliphatic rings. The molecule has 0 heterocycles. The fourth-order valence-electron chi connectivity index (χ4n) is 3.57. The van der Waals surface area contributed by atoms with Crippen molar-refractivity contribution in [2.24, 2.45) is 17.6 Å². The van der Waals surface area contributed by atoms with Crippen molar-refractivity contribution < 1.29 is 14.9 Å². The first kappa shape index (κ1) is 22.0. The van der Waals surface area contributed by atoms with E-state index < -0.39 is 5.54 Å². The zero-order valence-corrected chi connectivity index (χ0v) is 17.3. The number of phenols is 1. The Bertz CT molecular complexity index is 557. The van der Waals surface area contributed by atoms with Gasteiger partial charge in [0.05, 0.1) is 13.2 Å². The van der Waals surface area contributed by atoms with Gasteiger partial charge >= 0.3 is 0 Å². The molecule has 1 unspecified atom stereocenters. The minimum absolute atomic E-state index is 0.0217. The van der Waals surface area contributed by atoms with E-state index in [0.717, 1.165) is 37.2 Å². The molecule has 1 aromatic carbocycles. The molecule has 0 bridgehead atoms. The van der Waals surface area contributed by atoms with E-state index in [9.17, 15) is 10.2 Å². The molecule has 4 heteroatoms. The van der Waals surface area contributed by atoms with Gasteiger partial charge in [-0.05, 0) is 55.2 Å². The van der Waals surface area contributed by atoms with E-state index in [1.54, 1.807) is 6.07 Å².